The van der Waals surface area contributed by atoms with Gasteiger partial charge in [-0.05, 0) is 24.1 Å². The molecule has 0 saturated heterocycles. The van der Waals surface area contributed by atoms with Gasteiger partial charge in [0.2, 0.25) is 0 Å². The first-order chi connectivity index (χ1) is 5.24. The van der Waals surface area contributed by atoms with Gasteiger partial charge in [-0.25, -0.2) is 4.39 Å². The number of hydrogen-bond donors (Lipinski definition) is 2. The molecule has 0 radical (unpaired) electrons. The zero-order chi connectivity index (χ0) is 8.27. The van der Waals surface area contributed by atoms with Gasteiger partial charge in [0, 0.05) is 6.54 Å². The lowest BCUT2D eigenvalue weighted by Gasteiger charge is -2.00. The highest BCUT2D eigenvalue weighted by Crippen LogP contribution is 2.08. The van der Waals surface area contributed by atoms with E-state index in [0.29, 0.717) is 12.1 Å². The van der Waals surface area contributed by atoms with E-state index < -0.39 is 0 Å². The second kappa shape index (κ2) is 3.74. The molecule has 11 heavy (non-hydrogen) atoms. The highest BCUT2D eigenvalue weighted by molar-refractivity contribution is 7.78. The van der Waals surface area contributed by atoms with E-state index >= 15 is 0 Å². The van der Waals surface area contributed by atoms with Crippen LogP contribution >= 0.6 is 12.8 Å². The Labute approximate surface area is 71.2 Å². The van der Waals surface area contributed by atoms with Crippen LogP contribution < -0.4 is 4.72 Å². The number of rotatable bonds is 2. The predicted octanol–water partition coefficient (Wildman–Crippen LogP) is 2.07. The minimum absolute atomic E-state index is 0.159. The van der Waals surface area contributed by atoms with Crippen LogP contribution in [0.1, 0.15) is 11.1 Å². The Morgan fingerprint density at radius 1 is 1.55 bits per heavy atom. The van der Waals surface area contributed by atoms with Crippen molar-refractivity contribution in [2.45, 2.75) is 13.5 Å². The van der Waals surface area contributed by atoms with Gasteiger partial charge in [-0.2, -0.15) is 0 Å². The lowest BCUT2D eigenvalue weighted by molar-refractivity contribution is 0.617. The smallest absolute Gasteiger partial charge is 0.126 e. The molecular weight excluding hydrogens is 161 g/mol. The van der Waals surface area contributed by atoms with Crippen molar-refractivity contribution in [1.82, 2.24) is 4.72 Å². The lowest BCUT2D eigenvalue weighted by atomic mass is 10.1. The number of halogens is 1. The maximum absolute atomic E-state index is 12.7. The van der Waals surface area contributed by atoms with Crippen molar-refractivity contribution in [3.8, 4) is 0 Å². The van der Waals surface area contributed by atoms with Crippen molar-refractivity contribution >= 4 is 12.8 Å². The van der Waals surface area contributed by atoms with Gasteiger partial charge in [0.05, 0.1) is 0 Å². The van der Waals surface area contributed by atoms with Crippen molar-refractivity contribution in [2.75, 3.05) is 0 Å². The minimum atomic E-state index is -0.159. The summed E-state index contributed by atoms with van der Waals surface area (Å²) in [5.41, 5.74) is 1.71. The van der Waals surface area contributed by atoms with E-state index in [4.69, 9.17) is 0 Å². The van der Waals surface area contributed by atoms with E-state index in [2.05, 4.69) is 17.5 Å². The van der Waals surface area contributed by atoms with Crippen molar-refractivity contribution in [3.63, 3.8) is 0 Å². The fourth-order valence-corrected chi connectivity index (χ4v) is 1.09. The lowest BCUT2D eigenvalue weighted by Crippen LogP contribution is -1.99. The molecule has 1 nitrogen and oxygen atoms in total. The van der Waals surface area contributed by atoms with Crippen LogP contribution in [0.5, 0.6) is 0 Å². The molecule has 0 atom stereocenters. The predicted molar refractivity (Wildman–Crippen MR) is 47.0 cm³/mol. The van der Waals surface area contributed by atoms with Crippen molar-refractivity contribution in [3.05, 3.63) is 35.1 Å². The summed E-state index contributed by atoms with van der Waals surface area (Å²) >= 11 is 3.85. The van der Waals surface area contributed by atoms with Crippen LogP contribution in [-0.2, 0) is 6.54 Å². The third kappa shape index (κ3) is 2.20. The van der Waals surface area contributed by atoms with Gasteiger partial charge in [0.1, 0.15) is 5.82 Å². The Balaban J connectivity index is 2.86. The molecule has 0 unspecified atom stereocenters. The molecule has 1 rings (SSSR count). The molecule has 1 aromatic rings. The van der Waals surface area contributed by atoms with E-state index in [0.717, 1.165) is 5.56 Å². The van der Waals surface area contributed by atoms with Gasteiger partial charge >= 0.3 is 0 Å². The summed E-state index contributed by atoms with van der Waals surface area (Å²) in [6.45, 7) is 2.40. The molecule has 0 aliphatic heterocycles. The topological polar surface area (TPSA) is 12.0 Å². The molecule has 0 saturated carbocycles. The highest BCUT2D eigenvalue weighted by atomic mass is 32.1. The molecule has 3 heteroatoms. The summed E-state index contributed by atoms with van der Waals surface area (Å²) in [5, 5.41) is 0. The van der Waals surface area contributed by atoms with Gasteiger partial charge in [0.25, 0.3) is 0 Å². The number of hydrogen-bond acceptors (Lipinski definition) is 2. The summed E-state index contributed by atoms with van der Waals surface area (Å²) in [6, 6.07) is 5.01. The minimum Gasteiger partial charge on any atom is -0.262 e. The molecule has 0 aliphatic rings. The third-order valence-electron chi connectivity index (χ3n) is 1.51. The van der Waals surface area contributed by atoms with Crippen LogP contribution in [0.3, 0.4) is 0 Å². The largest absolute Gasteiger partial charge is 0.262 e. The molecule has 0 aliphatic carbocycles. The van der Waals surface area contributed by atoms with Crippen LogP contribution in [0.4, 0.5) is 4.39 Å². The first-order valence-electron chi connectivity index (χ1n) is 3.36. The van der Waals surface area contributed by atoms with E-state index in [-0.39, 0.29) is 5.82 Å². The average Bonchev–Trinajstić information content (AvgIpc) is 1.98. The Morgan fingerprint density at radius 3 is 2.82 bits per heavy atom. The molecule has 1 aromatic carbocycles. The molecule has 0 spiro atoms. The monoisotopic (exact) mass is 171 g/mol. The second-order valence-corrected chi connectivity index (χ2v) is 2.73. The maximum atomic E-state index is 12.7. The average molecular weight is 171 g/mol. The van der Waals surface area contributed by atoms with Crippen LogP contribution in [0.2, 0.25) is 0 Å². The zero-order valence-electron chi connectivity index (χ0n) is 6.26. The Kier molecular flexibility index (Phi) is 2.91. The van der Waals surface area contributed by atoms with Crippen LogP contribution in [0, 0.1) is 12.7 Å². The maximum Gasteiger partial charge on any atom is 0.126 e. The molecule has 0 heterocycles. The normalized spacial score (nSPS) is 10.1. The Morgan fingerprint density at radius 2 is 2.27 bits per heavy atom. The van der Waals surface area contributed by atoms with Crippen LogP contribution in [0.15, 0.2) is 18.2 Å². The molecule has 0 aromatic heterocycles. The number of nitrogens with one attached hydrogen (secondary N) is 1. The fraction of sp³-hybridized carbons (Fsp3) is 0.250. The summed E-state index contributed by atoms with van der Waals surface area (Å²) < 4.78 is 15.4. The summed E-state index contributed by atoms with van der Waals surface area (Å²) in [6.07, 6.45) is 0. The summed E-state index contributed by atoms with van der Waals surface area (Å²) in [7, 11) is 0. The standard InChI is InChI=1S/C8H10FNS/c1-6-4-7(5-10-11)2-3-8(6)9/h2-4,10-11H,5H2,1H3. The number of aryl methyl sites for hydroxylation is 1. The van der Waals surface area contributed by atoms with E-state index in [9.17, 15) is 4.39 Å². The Bertz CT molecular complexity index is 250. The first-order valence-corrected chi connectivity index (χ1v) is 3.80. The number of benzene rings is 1. The SMILES string of the molecule is Cc1cc(CNS)ccc1F. The van der Waals surface area contributed by atoms with Gasteiger partial charge < -0.3 is 0 Å². The fourth-order valence-electron chi connectivity index (χ4n) is 0.908. The van der Waals surface area contributed by atoms with Crippen molar-refractivity contribution in [1.29, 1.82) is 0 Å². The number of thiol groups is 1. The van der Waals surface area contributed by atoms with E-state index in [1.165, 1.54) is 6.07 Å². The zero-order valence-corrected chi connectivity index (χ0v) is 7.16. The van der Waals surface area contributed by atoms with Gasteiger partial charge in [-0.3, -0.25) is 4.72 Å². The third-order valence-corrected chi connectivity index (χ3v) is 1.66. The second-order valence-electron chi connectivity index (χ2n) is 2.42. The van der Waals surface area contributed by atoms with Crippen molar-refractivity contribution in [2.24, 2.45) is 0 Å². The van der Waals surface area contributed by atoms with Crippen LogP contribution in [-0.4, -0.2) is 0 Å². The molecule has 1 N–H and O–H groups in total. The first kappa shape index (κ1) is 8.56. The van der Waals surface area contributed by atoms with Crippen molar-refractivity contribution < 1.29 is 4.39 Å². The van der Waals surface area contributed by atoms with E-state index in [1.807, 2.05) is 0 Å². The summed E-state index contributed by atoms with van der Waals surface area (Å²) in [5.74, 6) is -0.159. The van der Waals surface area contributed by atoms with E-state index in [1.54, 1.807) is 19.1 Å². The summed E-state index contributed by atoms with van der Waals surface area (Å²) in [4.78, 5) is 0. The van der Waals surface area contributed by atoms with Gasteiger partial charge in [-0.1, -0.05) is 24.9 Å². The van der Waals surface area contributed by atoms with Crippen LogP contribution in [0.25, 0.3) is 0 Å². The van der Waals surface area contributed by atoms with Gasteiger partial charge in [-0.15, -0.1) is 0 Å². The quantitative estimate of drug-likeness (QED) is 0.649. The molecule has 0 amide bonds. The highest BCUT2D eigenvalue weighted by Gasteiger charge is 1.96. The molecular formula is C8H10FNS. The molecule has 0 fully saturated rings. The Hall–Kier alpha value is -0.540. The molecule has 0 bridgehead atoms. The van der Waals surface area contributed by atoms with Gasteiger partial charge in [0.15, 0.2) is 0 Å². The molecule has 60 valence electrons.